The van der Waals surface area contributed by atoms with Gasteiger partial charge in [0.25, 0.3) is 0 Å². The van der Waals surface area contributed by atoms with Gasteiger partial charge in [0.1, 0.15) is 0 Å². The summed E-state index contributed by atoms with van der Waals surface area (Å²) in [5, 5.41) is 3.49. The van der Waals surface area contributed by atoms with Crippen molar-refractivity contribution in [1.29, 1.82) is 0 Å². The van der Waals surface area contributed by atoms with E-state index in [0.29, 0.717) is 6.61 Å². The second-order valence-corrected chi connectivity index (χ2v) is 5.86. The Kier molecular flexibility index (Phi) is 5.80. The molecule has 1 aromatic rings. The zero-order chi connectivity index (χ0) is 13.5. The summed E-state index contributed by atoms with van der Waals surface area (Å²) >= 11 is 0. The van der Waals surface area contributed by atoms with Gasteiger partial charge in [0, 0.05) is 19.2 Å². The van der Waals surface area contributed by atoms with Crippen LogP contribution >= 0.6 is 0 Å². The Morgan fingerprint density at radius 2 is 2.11 bits per heavy atom. The van der Waals surface area contributed by atoms with Crippen molar-refractivity contribution in [2.75, 3.05) is 6.61 Å². The van der Waals surface area contributed by atoms with Crippen molar-refractivity contribution in [3.63, 3.8) is 0 Å². The first-order valence-electron chi connectivity index (χ1n) is 7.50. The zero-order valence-corrected chi connectivity index (χ0v) is 12.2. The lowest BCUT2D eigenvalue weighted by atomic mass is 10.1. The molecule has 0 atom stereocenters. The lowest BCUT2D eigenvalue weighted by molar-refractivity contribution is 0.112. The van der Waals surface area contributed by atoms with Gasteiger partial charge in [-0.25, -0.2) is 0 Å². The minimum absolute atomic E-state index is 0.634. The van der Waals surface area contributed by atoms with Gasteiger partial charge in [0.05, 0.1) is 18.0 Å². The van der Waals surface area contributed by atoms with E-state index in [4.69, 9.17) is 4.74 Å². The molecule has 1 aliphatic carbocycles. The average Bonchev–Trinajstić information content (AvgIpc) is 3.20. The fourth-order valence-corrected chi connectivity index (χ4v) is 2.01. The first kappa shape index (κ1) is 14.5. The van der Waals surface area contributed by atoms with E-state index >= 15 is 0 Å². The molecule has 0 aromatic carbocycles. The second-order valence-electron chi connectivity index (χ2n) is 5.86. The molecule has 1 fully saturated rings. The van der Waals surface area contributed by atoms with E-state index in [0.717, 1.165) is 42.9 Å². The Morgan fingerprint density at radius 1 is 1.32 bits per heavy atom. The summed E-state index contributed by atoms with van der Waals surface area (Å²) in [6.45, 7) is 6.85. The van der Waals surface area contributed by atoms with Crippen molar-refractivity contribution in [2.45, 2.75) is 58.7 Å². The molecule has 0 unspecified atom stereocenters. The van der Waals surface area contributed by atoms with Crippen LogP contribution in [0.15, 0.2) is 18.2 Å². The molecule has 0 aliphatic heterocycles. The fourth-order valence-electron chi connectivity index (χ4n) is 2.01. The Bertz CT molecular complexity index is 375. The van der Waals surface area contributed by atoms with Crippen molar-refractivity contribution in [3.05, 3.63) is 29.6 Å². The third-order valence-electron chi connectivity index (χ3n) is 3.33. The quantitative estimate of drug-likeness (QED) is 0.693. The summed E-state index contributed by atoms with van der Waals surface area (Å²) in [4.78, 5) is 4.62. The average molecular weight is 262 g/mol. The van der Waals surface area contributed by atoms with E-state index in [9.17, 15) is 0 Å². The maximum absolute atomic E-state index is 5.68. The normalized spacial score (nSPS) is 15.1. The van der Waals surface area contributed by atoms with Crippen LogP contribution in [0.1, 0.15) is 50.9 Å². The first-order valence-corrected chi connectivity index (χ1v) is 7.50. The standard InChI is InChI=1S/C16H26N2O/c1-13(2)5-4-10-19-12-16-7-3-6-15(18-16)11-17-14-8-9-14/h3,6-7,13-14,17H,4-5,8-12H2,1-2H3. The predicted molar refractivity (Wildman–Crippen MR) is 77.8 cm³/mol. The van der Waals surface area contributed by atoms with Crippen molar-refractivity contribution in [2.24, 2.45) is 5.92 Å². The molecule has 0 spiro atoms. The van der Waals surface area contributed by atoms with Crippen LogP contribution in [0.4, 0.5) is 0 Å². The molecule has 3 nitrogen and oxygen atoms in total. The topological polar surface area (TPSA) is 34.1 Å². The SMILES string of the molecule is CC(C)CCCOCc1cccc(CNC2CC2)n1. The van der Waals surface area contributed by atoms with Crippen LogP contribution in [-0.2, 0) is 17.9 Å². The van der Waals surface area contributed by atoms with Crippen LogP contribution in [0, 0.1) is 5.92 Å². The highest BCUT2D eigenvalue weighted by molar-refractivity contribution is 5.10. The highest BCUT2D eigenvalue weighted by Gasteiger charge is 2.20. The Balaban J connectivity index is 1.65. The summed E-state index contributed by atoms with van der Waals surface area (Å²) < 4.78 is 5.68. The summed E-state index contributed by atoms with van der Waals surface area (Å²) in [5.41, 5.74) is 2.16. The van der Waals surface area contributed by atoms with Crippen LogP contribution in [-0.4, -0.2) is 17.6 Å². The predicted octanol–water partition coefficient (Wildman–Crippen LogP) is 3.29. The molecule has 2 rings (SSSR count). The molecule has 1 N–H and O–H groups in total. The molecule has 1 aromatic heterocycles. The summed E-state index contributed by atoms with van der Waals surface area (Å²) in [6, 6.07) is 6.93. The van der Waals surface area contributed by atoms with E-state index in [1.807, 2.05) is 6.07 Å². The Morgan fingerprint density at radius 3 is 2.84 bits per heavy atom. The molecular weight excluding hydrogens is 236 g/mol. The van der Waals surface area contributed by atoms with Gasteiger partial charge in [0.15, 0.2) is 0 Å². The van der Waals surface area contributed by atoms with E-state index in [-0.39, 0.29) is 0 Å². The molecule has 1 aliphatic rings. The van der Waals surface area contributed by atoms with Gasteiger partial charge in [-0.1, -0.05) is 19.9 Å². The lowest BCUT2D eigenvalue weighted by Crippen LogP contribution is -2.16. The van der Waals surface area contributed by atoms with Gasteiger partial charge in [0.2, 0.25) is 0 Å². The molecule has 3 heteroatoms. The number of ether oxygens (including phenoxy) is 1. The Hall–Kier alpha value is -0.930. The van der Waals surface area contributed by atoms with E-state index in [1.165, 1.54) is 19.3 Å². The van der Waals surface area contributed by atoms with Gasteiger partial charge < -0.3 is 10.1 Å². The lowest BCUT2D eigenvalue weighted by Gasteiger charge is -2.07. The number of hydrogen-bond acceptors (Lipinski definition) is 3. The number of nitrogens with zero attached hydrogens (tertiary/aromatic N) is 1. The van der Waals surface area contributed by atoms with Crippen molar-refractivity contribution in [3.8, 4) is 0 Å². The molecule has 0 bridgehead atoms. The zero-order valence-electron chi connectivity index (χ0n) is 12.2. The molecule has 0 amide bonds. The number of rotatable bonds is 9. The number of pyridine rings is 1. The monoisotopic (exact) mass is 262 g/mol. The number of nitrogens with one attached hydrogen (secondary N) is 1. The molecule has 1 saturated carbocycles. The molecule has 0 radical (unpaired) electrons. The third-order valence-corrected chi connectivity index (χ3v) is 3.33. The van der Waals surface area contributed by atoms with Crippen molar-refractivity contribution >= 4 is 0 Å². The van der Waals surface area contributed by atoms with Gasteiger partial charge in [-0.3, -0.25) is 4.98 Å². The fraction of sp³-hybridized carbons (Fsp3) is 0.688. The van der Waals surface area contributed by atoms with Crippen LogP contribution in [0.2, 0.25) is 0 Å². The number of aromatic nitrogens is 1. The molecule has 19 heavy (non-hydrogen) atoms. The number of hydrogen-bond donors (Lipinski definition) is 1. The molecule has 1 heterocycles. The second kappa shape index (κ2) is 7.61. The highest BCUT2D eigenvalue weighted by atomic mass is 16.5. The van der Waals surface area contributed by atoms with Gasteiger partial charge in [-0.2, -0.15) is 0 Å². The van der Waals surface area contributed by atoms with Crippen molar-refractivity contribution < 1.29 is 4.74 Å². The van der Waals surface area contributed by atoms with Gasteiger partial charge >= 0.3 is 0 Å². The van der Waals surface area contributed by atoms with Crippen molar-refractivity contribution in [1.82, 2.24) is 10.3 Å². The largest absolute Gasteiger partial charge is 0.375 e. The Labute approximate surface area is 116 Å². The minimum Gasteiger partial charge on any atom is -0.375 e. The highest BCUT2D eigenvalue weighted by Crippen LogP contribution is 2.19. The molecule has 106 valence electrons. The van der Waals surface area contributed by atoms with Gasteiger partial charge in [-0.15, -0.1) is 0 Å². The minimum atomic E-state index is 0.634. The summed E-state index contributed by atoms with van der Waals surface area (Å²) in [7, 11) is 0. The van der Waals surface area contributed by atoms with Gasteiger partial charge in [-0.05, 0) is 43.7 Å². The smallest absolute Gasteiger partial charge is 0.0887 e. The van der Waals surface area contributed by atoms with Crippen LogP contribution in [0.25, 0.3) is 0 Å². The maximum atomic E-state index is 5.68. The summed E-state index contributed by atoms with van der Waals surface area (Å²) in [6.07, 6.45) is 5.01. The summed E-state index contributed by atoms with van der Waals surface area (Å²) in [5.74, 6) is 0.763. The van der Waals surface area contributed by atoms with Crippen LogP contribution in [0.3, 0.4) is 0 Å². The van der Waals surface area contributed by atoms with E-state index in [2.05, 4.69) is 36.3 Å². The molecule has 0 saturated heterocycles. The molecular formula is C16H26N2O. The first-order chi connectivity index (χ1) is 9.24. The van der Waals surface area contributed by atoms with Crippen LogP contribution < -0.4 is 5.32 Å². The van der Waals surface area contributed by atoms with E-state index in [1.54, 1.807) is 0 Å². The van der Waals surface area contributed by atoms with E-state index < -0.39 is 0 Å². The van der Waals surface area contributed by atoms with Crippen LogP contribution in [0.5, 0.6) is 0 Å². The third kappa shape index (κ3) is 6.17. The maximum Gasteiger partial charge on any atom is 0.0887 e.